The van der Waals surface area contributed by atoms with Gasteiger partial charge >= 0.3 is 5.69 Å². The van der Waals surface area contributed by atoms with E-state index in [0.717, 1.165) is 10.1 Å². The highest BCUT2D eigenvalue weighted by Gasteiger charge is 2.10. The number of hydrogen-bond acceptors (Lipinski definition) is 3. The van der Waals surface area contributed by atoms with Crippen LogP contribution in [0.2, 0.25) is 0 Å². The van der Waals surface area contributed by atoms with Crippen LogP contribution in [0.5, 0.6) is 0 Å². The fourth-order valence-corrected chi connectivity index (χ4v) is 2.37. The van der Waals surface area contributed by atoms with Crippen LogP contribution >= 0.6 is 0 Å². The minimum Gasteiger partial charge on any atom is -0.335 e. The van der Waals surface area contributed by atoms with Crippen molar-refractivity contribution in [1.82, 2.24) is 14.0 Å². The van der Waals surface area contributed by atoms with Gasteiger partial charge in [0.25, 0.3) is 5.56 Å². The van der Waals surface area contributed by atoms with Crippen molar-refractivity contribution in [3.63, 3.8) is 0 Å². The number of aromatic nitrogens is 2. The molecule has 0 saturated carbocycles. The zero-order valence-corrected chi connectivity index (χ0v) is 14.1. The maximum Gasteiger partial charge on any atom is 0.330 e. The molecule has 0 aliphatic rings. The lowest BCUT2D eigenvalue weighted by atomic mass is 10.2. The number of rotatable bonds is 5. The van der Waals surface area contributed by atoms with Crippen LogP contribution in [0.4, 0.5) is 0 Å². The summed E-state index contributed by atoms with van der Waals surface area (Å²) in [7, 11) is 2.98. The first-order valence-corrected chi connectivity index (χ1v) is 7.71. The van der Waals surface area contributed by atoms with Crippen molar-refractivity contribution in [2.45, 2.75) is 13.5 Å². The summed E-state index contributed by atoms with van der Waals surface area (Å²) in [4.78, 5) is 37.8. The summed E-state index contributed by atoms with van der Waals surface area (Å²) in [5.74, 6) is -0.183. The van der Waals surface area contributed by atoms with Gasteiger partial charge in [0, 0.05) is 39.5 Å². The highest BCUT2D eigenvalue weighted by atomic mass is 16.2. The van der Waals surface area contributed by atoms with Crippen LogP contribution in [0, 0.1) is 0 Å². The van der Waals surface area contributed by atoms with E-state index in [1.807, 2.05) is 37.3 Å². The van der Waals surface area contributed by atoms with Crippen LogP contribution in [0.3, 0.4) is 0 Å². The first kappa shape index (κ1) is 17.5. The highest BCUT2D eigenvalue weighted by molar-refractivity contribution is 5.91. The normalized spacial score (nSPS) is 11.0. The van der Waals surface area contributed by atoms with Gasteiger partial charge in [-0.25, -0.2) is 4.79 Å². The van der Waals surface area contributed by atoms with E-state index >= 15 is 0 Å². The number of carbonyl (C=O) groups is 1. The number of amides is 1. The molecule has 24 heavy (non-hydrogen) atoms. The number of likely N-dealkylation sites (N-methyl/N-ethyl adjacent to an activating group) is 1. The minimum atomic E-state index is -0.423. The van der Waals surface area contributed by atoms with E-state index < -0.39 is 11.2 Å². The zero-order chi connectivity index (χ0) is 17.7. The number of carbonyl (C=O) groups excluding carboxylic acids is 1. The largest absolute Gasteiger partial charge is 0.335 e. The van der Waals surface area contributed by atoms with Crippen molar-refractivity contribution in [2.75, 3.05) is 6.54 Å². The van der Waals surface area contributed by atoms with Gasteiger partial charge < -0.3 is 9.47 Å². The van der Waals surface area contributed by atoms with Crippen molar-refractivity contribution < 1.29 is 4.79 Å². The Morgan fingerprint density at radius 3 is 2.46 bits per heavy atom. The second-order valence-corrected chi connectivity index (χ2v) is 5.51. The molecule has 2 aromatic rings. The molecule has 0 unspecified atom stereocenters. The molecule has 6 nitrogen and oxygen atoms in total. The molecule has 0 bridgehead atoms. The molecule has 1 amide bonds. The van der Waals surface area contributed by atoms with Gasteiger partial charge in [0.15, 0.2) is 0 Å². The highest BCUT2D eigenvalue weighted by Crippen LogP contribution is 2.05. The average Bonchev–Trinajstić information content (AvgIpc) is 2.60. The molecular formula is C18H21N3O3. The predicted molar refractivity (Wildman–Crippen MR) is 93.5 cm³/mol. The van der Waals surface area contributed by atoms with Crippen molar-refractivity contribution in [3.8, 4) is 0 Å². The average molecular weight is 327 g/mol. The maximum atomic E-state index is 12.4. The van der Waals surface area contributed by atoms with E-state index in [4.69, 9.17) is 0 Å². The zero-order valence-electron chi connectivity index (χ0n) is 14.1. The molecular weight excluding hydrogens is 306 g/mol. The molecule has 1 heterocycles. The van der Waals surface area contributed by atoms with Gasteiger partial charge in [0.2, 0.25) is 5.91 Å². The Kier molecular flexibility index (Phi) is 5.52. The quantitative estimate of drug-likeness (QED) is 0.774. The van der Waals surface area contributed by atoms with Crippen LogP contribution in [0.25, 0.3) is 6.08 Å². The summed E-state index contributed by atoms with van der Waals surface area (Å²) in [5.41, 5.74) is 0.513. The topological polar surface area (TPSA) is 64.3 Å². The van der Waals surface area contributed by atoms with Gasteiger partial charge in [0.05, 0.1) is 5.56 Å². The Balaban J connectivity index is 2.20. The van der Waals surface area contributed by atoms with Crippen molar-refractivity contribution in [1.29, 1.82) is 0 Å². The molecule has 0 fully saturated rings. The molecule has 0 spiro atoms. The third-order valence-corrected chi connectivity index (χ3v) is 3.79. The van der Waals surface area contributed by atoms with Gasteiger partial charge in [-0.3, -0.25) is 14.2 Å². The Labute approximate surface area is 140 Å². The molecule has 0 aliphatic heterocycles. The van der Waals surface area contributed by atoms with Gasteiger partial charge in [-0.1, -0.05) is 30.3 Å². The lowest BCUT2D eigenvalue weighted by Crippen LogP contribution is -2.37. The second-order valence-electron chi connectivity index (χ2n) is 5.51. The molecule has 0 aliphatic carbocycles. The molecule has 126 valence electrons. The van der Waals surface area contributed by atoms with Crippen LogP contribution in [0.15, 0.2) is 52.2 Å². The molecule has 1 aromatic carbocycles. The summed E-state index contributed by atoms with van der Waals surface area (Å²) < 4.78 is 2.33. The van der Waals surface area contributed by atoms with Crippen LogP contribution in [0.1, 0.15) is 18.1 Å². The van der Waals surface area contributed by atoms with E-state index in [1.54, 1.807) is 11.9 Å². The fraction of sp³-hybridized carbons (Fsp3) is 0.278. The van der Waals surface area contributed by atoms with E-state index in [1.165, 1.54) is 30.0 Å². The number of aryl methyl sites for hydroxylation is 1. The monoisotopic (exact) mass is 327 g/mol. The van der Waals surface area contributed by atoms with Crippen molar-refractivity contribution in [3.05, 3.63) is 74.6 Å². The van der Waals surface area contributed by atoms with Crippen molar-refractivity contribution >= 4 is 12.0 Å². The minimum absolute atomic E-state index is 0.183. The first-order chi connectivity index (χ1) is 11.4. The molecule has 0 saturated heterocycles. The molecule has 0 radical (unpaired) electrons. The smallest absolute Gasteiger partial charge is 0.330 e. The summed E-state index contributed by atoms with van der Waals surface area (Å²) in [6.45, 7) is 2.97. The first-order valence-electron chi connectivity index (χ1n) is 7.71. The molecule has 2 rings (SSSR count). The summed E-state index contributed by atoms with van der Waals surface area (Å²) >= 11 is 0. The van der Waals surface area contributed by atoms with E-state index in [9.17, 15) is 14.4 Å². The fourth-order valence-electron chi connectivity index (χ4n) is 2.37. The standard InChI is InChI=1S/C18H21N3O3/c1-4-21(12-14-8-6-5-7-9-14)16(22)11-10-15-13-19(2)18(24)20(3)17(15)23/h5-11,13H,4,12H2,1-3H3. The number of nitrogens with zero attached hydrogens (tertiary/aromatic N) is 3. The molecule has 0 atom stereocenters. The summed E-state index contributed by atoms with van der Waals surface area (Å²) in [5, 5.41) is 0. The summed E-state index contributed by atoms with van der Waals surface area (Å²) in [6, 6.07) is 9.71. The van der Waals surface area contributed by atoms with Gasteiger partial charge in [-0.05, 0) is 18.6 Å². The van der Waals surface area contributed by atoms with E-state index in [-0.39, 0.29) is 5.91 Å². The second kappa shape index (κ2) is 7.59. The molecule has 6 heteroatoms. The van der Waals surface area contributed by atoms with Crippen molar-refractivity contribution in [2.24, 2.45) is 14.1 Å². The lowest BCUT2D eigenvalue weighted by Gasteiger charge is -2.19. The van der Waals surface area contributed by atoms with Crippen LogP contribution in [-0.4, -0.2) is 26.5 Å². The van der Waals surface area contributed by atoms with Gasteiger partial charge in [0.1, 0.15) is 0 Å². The third-order valence-electron chi connectivity index (χ3n) is 3.79. The number of hydrogen-bond donors (Lipinski definition) is 0. The van der Waals surface area contributed by atoms with Crippen LogP contribution < -0.4 is 11.2 Å². The van der Waals surface area contributed by atoms with Crippen LogP contribution in [-0.2, 0) is 25.4 Å². The van der Waals surface area contributed by atoms with E-state index in [0.29, 0.717) is 18.7 Å². The lowest BCUT2D eigenvalue weighted by molar-refractivity contribution is -0.126. The Hall–Kier alpha value is -2.89. The van der Waals surface area contributed by atoms with E-state index in [2.05, 4.69) is 0 Å². The maximum absolute atomic E-state index is 12.4. The van der Waals surface area contributed by atoms with Gasteiger partial charge in [-0.2, -0.15) is 0 Å². The molecule has 1 aromatic heterocycles. The number of benzene rings is 1. The SMILES string of the molecule is CCN(Cc1ccccc1)C(=O)C=Cc1cn(C)c(=O)n(C)c1=O. The summed E-state index contributed by atoms with van der Waals surface area (Å²) in [6.07, 6.45) is 4.26. The van der Waals surface area contributed by atoms with Gasteiger partial charge in [-0.15, -0.1) is 0 Å². The Morgan fingerprint density at radius 1 is 1.17 bits per heavy atom. The third kappa shape index (κ3) is 3.90. The Bertz CT molecular complexity index is 863. The predicted octanol–water partition coefficient (Wildman–Crippen LogP) is 1.15. The molecule has 0 N–H and O–H groups in total. The Morgan fingerprint density at radius 2 is 1.83 bits per heavy atom.